The first-order valence-corrected chi connectivity index (χ1v) is 11.0. The molecule has 4 nitrogen and oxygen atoms in total. The molecule has 2 amide bonds. The summed E-state index contributed by atoms with van der Waals surface area (Å²) in [6.07, 6.45) is 4.05. The molecule has 0 aromatic heterocycles. The van der Waals surface area contributed by atoms with E-state index in [0.717, 1.165) is 36.8 Å². The molecule has 0 saturated carbocycles. The zero-order valence-corrected chi connectivity index (χ0v) is 17.9. The Kier molecular flexibility index (Phi) is 6.46. The second-order valence-corrected chi connectivity index (χ2v) is 8.02. The maximum Gasteiger partial charge on any atom is 0.251 e. The highest BCUT2D eigenvalue weighted by atomic mass is 16.2. The van der Waals surface area contributed by atoms with Gasteiger partial charge in [0, 0.05) is 5.56 Å². The van der Waals surface area contributed by atoms with Crippen molar-refractivity contribution in [3.63, 3.8) is 0 Å². The van der Waals surface area contributed by atoms with Crippen LogP contribution in [0.4, 0.5) is 0 Å². The van der Waals surface area contributed by atoms with E-state index in [1.54, 1.807) is 12.1 Å². The minimum absolute atomic E-state index is 0.0210. The quantitative estimate of drug-likeness (QED) is 0.609. The van der Waals surface area contributed by atoms with Gasteiger partial charge in [-0.3, -0.25) is 9.59 Å². The van der Waals surface area contributed by atoms with Crippen LogP contribution in [0.2, 0.25) is 0 Å². The molecule has 1 atom stereocenters. The summed E-state index contributed by atoms with van der Waals surface area (Å²) >= 11 is 0. The average molecular weight is 413 g/mol. The topological polar surface area (TPSA) is 58.2 Å². The molecular weight excluding hydrogens is 384 g/mol. The number of carbonyl (C=O) groups is 2. The number of hydrogen-bond acceptors (Lipinski definition) is 2. The lowest BCUT2D eigenvalue weighted by Crippen LogP contribution is -2.39. The van der Waals surface area contributed by atoms with Crippen LogP contribution in [0.15, 0.2) is 72.8 Å². The zero-order valence-electron chi connectivity index (χ0n) is 17.9. The number of nitrogens with one attached hydrogen (secondary N) is 2. The smallest absolute Gasteiger partial charge is 0.251 e. The van der Waals surface area contributed by atoms with Gasteiger partial charge in [0.2, 0.25) is 5.91 Å². The molecule has 0 unspecified atom stereocenters. The zero-order chi connectivity index (χ0) is 21.6. The van der Waals surface area contributed by atoms with Crippen LogP contribution in [0.1, 0.15) is 52.9 Å². The molecule has 0 heterocycles. The van der Waals surface area contributed by atoms with Crippen LogP contribution >= 0.6 is 0 Å². The van der Waals surface area contributed by atoms with Crippen molar-refractivity contribution in [2.75, 3.05) is 6.54 Å². The predicted molar refractivity (Wildman–Crippen MR) is 124 cm³/mol. The lowest BCUT2D eigenvalue weighted by atomic mass is 9.88. The molecule has 3 aromatic rings. The monoisotopic (exact) mass is 412 g/mol. The Labute approximate surface area is 183 Å². The standard InChI is InChI=1S/C27H28N2O2/c1-2-19-10-12-20(13-11-19)21-14-16-23(17-15-21)27(31)28-18-26(30)29-25-9-5-7-22-6-3-4-8-24(22)25/h3-4,6,8,10-17,25H,2,5,7,9,18H2,1H3,(H,28,31)(H,29,30)/t25-/m1/s1. The van der Waals surface area contributed by atoms with Crippen molar-refractivity contribution < 1.29 is 9.59 Å². The fourth-order valence-electron chi connectivity index (χ4n) is 4.16. The Morgan fingerprint density at radius 2 is 1.58 bits per heavy atom. The third-order valence-corrected chi connectivity index (χ3v) is 5.96. The number of rotatable bonds is 6. The van der Waals surface area contributed by atoms with E-state index in [0.29, 0.717) is 5.56 Å². The first-order valence-electron chi connectivity index (χ1n) is 11.0. The average Bonchev–Trinajstić information content (AvgIpc) is 2.83. The molecule has 3 aromatic carbocycles. The number of hydrogen-bond donors (Lipinski definition) is 2. The Morgan fingerprint density at radius 1 is 0.903 bits per heavy atom. The van der Waals surface area contributed by atoms with Crippen molar-refractivity contribution in [3.05, 3.63) is 95.1 Å². The van der Waals surface area contributed by atoms with Gasteiger partial charge in [-0.05, 0) is 65.6 Å². The minimum Gasteiger partial charge on any atom is -0.348 e. The number of fused-ring (bicyclic) bond motifs is 1. The van der Waals surface area contributed by atoms with Gasteiger partial charge in [0.15, 0.2) is 0 Å². The second-order valence-electron chi connectivity index (χ2n) is 8.02. The van der Waals surface area contributed by atoms with E-state index in [4.69, 9.17) is 0 Å². The summed E-state index contributed by atoms with van der Waals surface area (Å²) in [7, 11) is 0. The lowest BCUT2D eigenvalue weighted by Gasteiger charge is -2.26. The van der Waals surface area contributed by atoms with E-state index >= 15 is 0 Å². The normalized spacial score (nSPS) is 15.1. The summed E-state index contributed by atoms with van der Waals surface area (Å²) in [5.74, 6) is -0.408. The van der Waals surface area contributed by atoms with Gasteiger partial charge >= 0.3 is 0 Å². The first kappa shape index (κ1) is 20.9. The molecule has 2 N–H and O–H groups in total. The van der Waals surface area contributed by atoms with Gasteiger partial charge in [-0.1, -0.05) is 67.6 Å². The van der Waals surface area contributed by atoms with Crippen molar-refractivity contribution in [2.24, 2.45) is 0 Å². The van der Waals surface area contributed by atoms with Crippen LogP contribution in [0, 0.1) is 0 Å². The molecule has 31 heavy (non-hydrogen) atoms. The van der Waals surface area contributed by atoms with Crippen molar-refractivity contribution >= 4 is 11.8 Å². The van der Waals surface area contributed by atoms with Crippen molar-refractivity contribution in [1.29, 1.82) is 0 Å². The van der Waals surface area contributed by atoms with Crippen LogP contribution in [-0.2, 0) is 17.6 Å². The second kappa shape index (κ2) is 9.61. The van der Waals surface area contributed by atoms with Crippen molar-refractivity contribution in [1.82, 2.24) is 10.6 Å². The maximum atomic E-state index is 12.5. The Balaban J connectivity index is 1.32. The largest absolute Gasteiger partial charge is 0.348 e. The lowest BCUT2D eigenvalue weighted by molar-refractivity contribution is -0.121. The third kappa shape index (κ3) is 5.02. The van der Waals surface area contributed by atoms with E-state index in [1.165, 1.54) is 16.7 Å². The van der Waals surface area contributed by atoms with Gasteiger partial charge in [0.1, 0.15) is 0 Å². The predicted octanol–water partition coefficient (Wildman–Crippen LogP) is 4.84. The number of aryl methyl sites for hydroxylation is 2. The molecular formula is C27H28N2O2. The molecule has 4 heteroatoms. The van der Waals surface area contributed by atoms with Crippen molar-refractivity contribution in [2.45, 2.75) is 38.6 Å². The molecule has 0 spiro atoms. The SMILES string of the molecule is CCc1ccc(-c2ccc(C(=O)NCC(=O)N[C@@H]3CCCc4ccccc43)cc2)cc1. The van der Waals surface area contributed by atoms with Gasteiger partial charge in [0.25, 0.3) is 5.91 Å². The van der Waals surface area contributed by atoms with Crippen LogP contribution in [-0.4, -0.2) is 18.4 Å². The van der Waals surface area contributed by atoms with Crippen molar-refractivity contribution in [3.8, 4) is 11.1 Å². The van der Waals surface area contributed by atoms with E-state index in [-0.39, 0.29) is 24.4 Å². The summed E-state index contributed by atoms with van der Waals surface area (Å²) in [5, 5.41) is 5.80. The van der Waals surface area contributed by atoms with E-state index in [2.05, 4.69) is 54.0 Å². The molecule has 0 saturated heterocycles. The highest BCUT2D eigenvalue weighted by Crippen LogP contribution is 2.29. The first-order chi connectivity index (χ1) is 15.1. The summed E-state index contributed by atoms with van der Waals surface area (Å²) in [6.45, 7) is 2.11. The molecule has 1 aliphatic carbocycles. The van der Waals surface area contributed by atoms with E-state index in [1.807, 2.05) is 24.3 Å². The van der Waals surface area contributed by atoms with Crippen LogP contribution in [0.25, 0.3) is 11.1 Å². The van der Waals surface area contributed by atoms with Gasteiger partial charge in [-0.15, -0.1) is 0 Å². The highest BCUT2D eigenvalue weighted by molar-refractivity contribution is 5.96. The molecule has 4 rings (SSSR count). The fraction of sp³-hybridized carbons (Fsp3) is 0.259. The van der Waals surface area contributed by atoms with Crippen LogP contribution < -0.4 is 10.6 Å². The molecule has 0 fully saturated rings. The highest BCUT2D eigenvalue weighted by Gasteiger charge is 2.21. The van der Waals surface area contributed by atoms with E-state index < -0.39 is 0 Å². The molecule has 0 aliphatic heterocycles. The Morgan fingerprint density at radius 3 is 2.29 bits per heavy atom. The summed E-state index contributed by atoms with van der Waals surface area (Å²) < 4.78 is 0. The summed E-state index contributed by atoms with van der Waals surface area (Å²) in [5.41, 5.74) is 6.52. The van der Waals surface area contributed by atoms with Gasteiger partial charge in [-0.2, -0.15) is 0 Å². The molecule has 0 radical (unpaired) electrons. The van der Waals surface area contributed by atoms with Crippen LogP contribution in [0.5, 0.6) is 0 Å². The number of benzene rings is 3. The van der Waals surface area contributed by atoms with Gasteiger partial charge in [-0.25, -0.2) is 0 Å². The Hall–Kier alpha value is -3.40. The fourth-order valence-corrected chi connectivity index (χ4v) is 4.16. The summed E-state index contributed by atoms with van der Waals surface area (Å²) in [4.78, 5) is 24.9. The van der Waals surface area contributed by atoms with Gasteiger partial charge < -0.3 is 10.6 Å². The summed E-state index contributed by atoms with van der Waals surface area (Å²) in [6, 6.07) is 24.2. The molecule has 158 valence electrons. The number of amides is 2. The minimum atomic E-state index is -0.243. The maximum absolute atomic E-state index is 12.5. The Bertz CT molecular complexity index is 1060. The van der Waals surface area contributed by atoms with Crippen LogP contribution in [0.3, 0.4) is 0 Å². The molecule has 1 aliphatic rings. The van der Waals surface area contributed by atoms with Gasteiger partial charge in [0.05, 0.1) is 12.6 Å². The molecule has 0 bridgehead atoms. The number of carbonyl (C=O) groups excluding carboxylic acids is 2. The van der Waals surface area contributed by atoms with E-state index in [9.17, 15) is 9.59 Å². The third-order valence-electron chi connectivity index (χ3n) is 5.96.